The lowest BCUT2D eigenvalue weighted by Crippen LogP contribution is -2.30. The number of carbonyl (C=O) groups is 2. The number of aliphatic hydroxyl groups excluding tert-OH is 1. The predicted octanol–water partition coefficient (Wildman–Crippen LogP) is 5.34. The number of ether oxygens (including phenoxy) is 2. The molecule has 174 valence electrons. The number of nitrogens with zero attached hydrogens (tertiary/aromatic N) is 1. The smallest absolute Gasteiger partial charge is 0.300 e. The Labute approximate surface area is 199 Å². The Bertz CT molecular complexity index is 1280. The molecular weight excluding hydrogens is 430 g/mol. The van der Waals surface area contributed by atoms with Gasteiger partial charge in [-0.3, -0.25) is 14.5 Å². The minimum absolute atomic E-state index is 0.0309. The summed E-state index contributed by atoms with van der Waals surface area (Å²) in [7, 11) is 1.56. The molecule has 0 aromatic heterocycles. The Kier molecular flexibility index (Phi) is 6.41. The molecule has 34 heavy (non-hydrogen) atoms. The molecule has 1 amide bonds. The summed E-state index contributed by atoms with van der Waals surface area (Å²) in [6.07, 6.45) is 0. The second-order valence-electron chi connectivity index (χ2n) is 8.19. The van der Waals surface area contributed by atoms with E-state index in [1.807, 2.05) is 45.0 Å². The third-order valence-electron chi connectivity index (χ3n) is 5.92. The number of aliphatic hydroxyl groups is 1. The molecule has 1 atom stereocenters. The fourth-order valence-electron chi connectivity index (χ4n) is 4.22. The number of ketones is 1. The van der Waals surface area contributed by atoms with Crippen LogP contribution in [0.3, 0.4) is 0 Å². The Morgan fingerprint density at radius 2 is 1.71 bits per heavy atom. The summed E-state index contributed by atoms with van der Waals surface area (Å²) in [5.41, 5.74) is 3.55. The third kappa shape index (κ3) is 4.15. The van der Waals surface area contributed by atoms with E-state index >= 15 is 0 Å². The normalized spacial score (nSPS) is 17.2. The number of rotatable bonds is 6. The van der Waals surface area contributed by atoms with Crippen LogP contribution in [0.2, 0.25) is 0 Å². The molecule has 3 aromatic rings. The van der Waals surface area contributed by atoms with Crippen LogP contribution in [-0.4, -0.2) is 30.5 Å². The van der Waals surface area contributed by atoms with Crippen LogP contribution in [0.5, 0.6) is 11.5 Å². The second-order valence-corrected chi connectivity index (χ2v) is 8.19. The number of aryl methyl sites for hydroxylation is 2. The molecule has 1 aliphatic rings. The van der Waals surface area contributed by atoms with Crippen molar-refractivity contribution < 1.29 is 24.2 Å². The van der Waals surface area contributed by atoms with Gasteiger partial charge in [0.25, 0.3) is 11.7 Å². The number of methoxy groups -OCH3 is 1. The average Bonchev–Trinajstić information content (AvgIpc) is 3.11. The van der Waals surface area contributed by atoms with E-state index in [-0.39, 0.29) is 11.3 Å². The molecule has 1 fully saturated rings. The molecule has 1 N–H and O–H groups in total. The number of carbonyl (C=O) groups excluding carboxylic acids is 2. The van der Waals surface area contributed by atoms with Gasteiger partial charge in [0.2, 0.25) is 0 Å². The summed E-state index contributed by atoms with van der Waals surface area (Å²) in [6, 6.07) is 18.9. The van der Waals surface area contributed by atoms with Gasteiger partial charge in [-0.1, -0.05) is 24.3 Å². The zero-order valence-corrected chi connectivity index (χ0v) is 19.7. The molecule has 1 heterocycles. The Morgan fingerprint density at radius 3 is 2.38 bits per heavy atom. The molecule has 3 aromatic carbocycles. The summed E-state index contributed by atoms with van der Waals surface area (Å²) >= 11 is 0. The van der Waals surface area contributed by atoms with Crippen molar-refractivity contribution in [2.75, 3.05) is 18.6 Å². The van der Waals surface area contributed by atoms with E-state index < -0.39 is 17.7 Å². The number of benzene rings is 3. The highest BCUT2D eigenvalue weighted by Crippen LogP contribution is 2.44. The van der Waals surface area contributed by atoms with Gasteiger partial charge in [-0.2, -0.15) is 0 Å². The first-order valence-corrected chi connectivity index (χ1v) is 11.1. The van der Waals surface area contributed by atoms with E-state index in [9.17, 15) is 14.7 Å². The maximum Gasteiger partial charge on any atom is 0.300 e. The Balaban J connectivity index is 1.93. The lowest BCUT2D eigenvalue weighted by molar-refractivity contribution is -0.132. The van der Waals surface area contributed by atoms with Gasteiger partial charge < -0.3 is 14.6 Å². The molecule has 0 radical (unpaired) electrons. The highest BCUT2D eigenvalue weighted by molar-refractivity contribution is 6.51. The molecule has 6 heteroatoms. The van der Waals surface area contributed by atoms with E-state index in [0.29, 0.717) is 34.9 Å². The molecule has 6 nitrogen and oxygen atoms in total. The van der Waals surface area contributed by atoms with Crippen molar-refractivity contribution in [3.05, 3.63) is 94.6 Å². The summed E-state index contributed by atoms with van der Waals surface area (Å²) < 4.78 is 10.9. The van der Waals surface area contributed by atoms with Crippen LogP contribution >= 0.6 is 0 Å². The maximum absolute atomic E-state index is 13.4. The van der Waals surface area contributed by atoms with Crippen molar-refractivity contribution in [2.24, 2.45) is 0 Å². The SMILES string of the molecule is CCOc1ccc(/C(O)=C2\C(=O)C(=O)N(c3cc(C)ccc3C)C2c2cccc(OC)c2)cc1. The largest absolute Gasteiger partial charge is 0.507 e. The highest BCUT2D eigenvalue weighted by Gasteiger charge is 2.47. The number of hydrogen-bond acceptors (Lipinski definition) is 5. The zero-order valence-electron chi connectivity index (χ0n) is 19.7. The van der Waals surface area contributed by atoms with Gasteiger partial charge in [0.05, 0.1) is 25.3 Å². The van der Waals surface area contributed by atoms with E-state index in [4.69, 9.17) is 9.47 Å². The van der Waals surface area contributed by atoms with Gasteiger partial charge >= 0.3 is 0 Å². The zero-order chi connectivity index (χ0) is 24.4. The highest BCUT2D eigenvalue weighted by atomic mass is 16.5. The van der Waals surface area contributed by atoms with Crippen molar-refractivity contribution in [1.82, 2.24) is 0 Å². The lowest BCUT2D eigenvalue weighted by Gasteiger charge is -2.27. The number of Topliss-reactive ketones (excluding diaryl/α,β-unsaturated/α-hetero) is 1. The topological polar surface area (TPSA) is 76.1 Å². The van der Waals surface area contributed by atoms with Crippen LogP contribution in [0.1, 0.15) is 35.2 Å². The van der Waals surface area contributed by atoms with Gasteiger partial charge in [-0.25, -0.2) is 0 Å². The molecule has 1 saturated heterocycles. The third-order valence-corrected chi connectivity index (χ3v) is 5.92. The van der Waals surface area contributed by atoms with E-state index in [1.165, 1.54) is 4.90 Å². The van der Waals surface area contributed by atoms with Crippen molar-refractivity contribution in [3.8, 4) is 11.5 Å². The first-order valence-electron chi connectivity index (χ1n) is 11.1. The Hall–Kier alpha value is -4.06. The van der Waals surface area contributed by atoms with Gasteiger partial charge in [-0.05, 0) is 79.9 Å². The van der Waals surface area contributed by atoms with Crippen molar-refractivity contribution in [1.29, 1.82) is 0 Å². The first kappa shape index (κ1) is 23.1. The quantitative estimate of drug-likeness (QED) is 0.307. The Morgan fingerprint density at radius 1 is 0.971 bits per heavy atom. The standard InChI is InChI=1S/C28H27NO5/c1-5-34-21-13-11-19(12-14-21)26(30)24-25(20-7-6-8-22(16-20)33-4)29(28(32)27(24)31)23-15-17(2)9-10-18(23)3/h6-16,25,30H,5H2,1-4H3/b26-24+. The summed E-state index contributed by atoms with van der Waals surface area (Å²) in [4.78, 5) is 28.2. The van der Waals surface area contributed by atoms with Crippen LogP contribution in [0.4, 0.5) is 5.69 Å². The first-order chi connectivity index (χ1) is 16.3. The molecule has 1 aliphatic heterocycles. The minimum atomic E-state index is -0.817. The molecule has 4 rings (SSSR count). The van der Waals surface area contributed by atoms with Crippen molar-refractivity contribution in [3.63, 3.8) is 0 Å². The van der Waals surface area contributed by atoms with E-state index in [1.54, 1.807) is 49.6 Å². The van der Waals surface area contributed by atoms with Crippen molar-refractivity contribution >= 4 is 23.1 Å². The molecule has 0 saturated carbocycles. The van der Waals surface area contributed by atoms with Crippen LogP contribution in [-0.2, 0) is 9.59 Å². The fourth-order valence-corrected chi connectivity index (χ4v) is 4.22. The molecule has 0 spiro atoms. The summed E-state index contributed by atoms with van der Waals surface area (Å²) in [5, 5.41) is 11.3. The fraction of sp³-hybridized carbons (Fsp3) is 0.214. The van der Waals surface area contributed by atoms with Crippen molar-refractivity contribution in [2.45, 2.75) is 26.8 Å². The molecule has 0 aliphatic carbocycles. The second kappa shape index (κ2) is 9.43. The summed E-state index contributed by atoms with van der Waals surface area (Å²) in [5.74, 6) is -0.416. The van der Waals surface area contributed by atoms with E-state index in [0.717, 1.165) is 11.1 Å². The van der Waals surface area contributed by atoms with Crippen LogP contribution in [0, 0.1) is 13.8 Å². The van der Waals surface area contributed by atoms with E-state index in [2.05, 4.69) is 0 Å². The summed E-state index contributed by atoms with van der Waals surface area (Å²) in [6.45, 7) is 6.22. The van der Waals surface area contributed by atoms with Crippen LogP contribution < -0.4 is 14.4 Å². The molecule has 0 bridgehead atoms. The van der Waals surface area contributed by atoms with Gasteiger partial charge in [-0.15, -0.1) is 0 Å². The van der Waals surface area contributed by atoms with Gasteiger partial charge in [0.1, 0.15) is 17.3 Å². The van der Waals surface area contributed by atoms with Crippen LogP contribution in [0.25, 0.3) is 5.76 Å². The predicted molar refractivity (Wildman–Crippen MR) is 131 cm³/mol. The lowest BCUT2D eigenvalue weighted by atomic mass is 9.94. The molecule has 1 unspecified atom stereocenters. The average molecular weight is 458 g/mol. The number of hydrogen-bond donors (Lipinski definition) is 1. The molecular formula is C28H27NO5. The van der Waals surface area contributed by atoms with Crippen LogP contribution in [0.15, 0.2) is 72.3 Å². The van der Waals surface area contributed by atoms with Gasteiger partial charge in [0.15, 0.2) is 0 Å². The number of anilines is 1. The number of amides is 1. The van der Waals surface area contributed by atoms with Gasteiger partial charge in [0, 0.05) is 11.3 Å². The monoisotopic (exact) mass is 457 g/mol. The maximum atomic E-state index is 13.4. The minimum Gasteiger partial charge on any atom is -0.507 e.